The van der Waals surface area contributed by atoms with Crippen LogP contribution in [0.3, 0.4) is 0 Å². The summed E-state index contributed by atoms with van der Waals surface area (Å²) in [6.45, 7) is 6.75. The molecule has 33 heavy (non-hydrogen) atoms. The van der Waals surface area contributed by atoms with Crippen LogP contribution in [0, 0.1) is 0 Å². The minimum atomic E-state index is -1.22. The Bertz CT molecular complexity index is 772. The van der Waals surface area contributed by atoms with Crippen LogP contribution in [0.4, 0.5) is 4.79 Å². The standard InChI is InChI=1S/C25H39N3O5/c1-5-16-28(23(31)20(17-29)27-24(32)33-25(2,3)4)21(18-12-8-6-9-13-18)22(30)26-19-14-10-7-11-15-19/h6,8-9,12-13,19-21,29H,5,7,10-11,14-17H2,1-4H3,(H,26,30)(H,27,32). The maximum atomic E-state index is 13.5. The van der Waals surface area contributed by atoms with Gasteiger partial charge in [-0.3, -0.25) is 9.59 Å². The van der Waals surface area contributed by atoms with Crippen LogP contribution in [-0.4, -0.2) is 58.8 Å². The zero-order valence-corrected chi connectivity index (χ0v) is 20.3. The van der Waals surface area contributed by atoms with Crippen molar-refractivity contribution in [2.45, 2.75) is 89.9 Å². The first-order valence-corrected chi connectivity index (χ1v) is 11.9. The molecule has 1 aromatic carbocycles. The number of nitrogens with zero attached hydrogens (tertiary/aromatic N) is 1. The third-order valence-corrected chi connectivity index (χ3v) is 5.55. The van der Waals surface area contributed by atoms with Crippen molar-refractivity contribution >= 4 is 17.9 Å². The van der Waals surface area contributed by atoms with Crippen molar-refractivity contribution in [1.82, 2.24) is 15.5 Å². The van der Waals surface area contributed by atoms with Crippen LogP contribution in [0.5, 0.6) is 0 Å². The van der Waals surface area contributed by atoms with Gasteiger partial charge in [0, 0.05) is 12.6 Å². The number of aliphatic hydroxyl groups excluding tert-OH is 1. The van der Waals surface area contributed by atoms with Gasteiger partial charge >= 0.3 is 6.09 Å². The molecule has 0 saturated heterocycles. The third kappa shape index (κ3) is 8.35. The Labute approximate surface area is 197 Å². The normalized spacial score (nSPS) is 16.4. The molecular weight excluding hydrogens is 422 g/mol. The molecule has 0 aromatic heterocycles. The Morgan fingerprint density at radius 3 is 2.30 bits per heavy atom. The number of aliphatic hydroxyl groups is 1. The maximum Gasteiger partial charge on any atom is 0.408 e. The zero-order chi connectivity index (χ0) is 24.4. The number of ether oxygens (including phenoxy) is 1. The van der Waals surface area contributed by atoms with Gasteiger partial charge in [0.05, 0.1) is 6.61 Å². The van der Waals surface area contributed by atoms with Crippen LogP contribution >= 0.6 is 0 Å². The van der Waals surface area contributed by atoms with E-state index < -0.39 is 36.3 Å². The lowest BCUT2D eigenvalue weighted by atomic mass is 9.94. The molecule has 0 spiro atoms. The minimum absolute atomic E-state index is 0.0876. The number of hydrogen-bond donors (Lipinski definition) is 3. The van der Waals surface area contributed by atoms with Gasteiger partial charge in [-0.1, -0.05) is 56.5 Å². The Hall–Kier alpha value is -2.61. The Balaban J connectivity index is 2.29. The SMILES string of the molecule is CCCN(C(=O)C(CO)NC(=O)OC(C)(C)C)C(C(=O)NC1CCCCC1)c1ccccc1. The quantitative estimate of drug-likeness (QED) is 0.523. The average molecular weight is 462 g/mol. The van der Waals surface area contributed by atoms with Gasteiger partial charge in [0.2, 0.25) is 11.8 Å². The van der Waals surface area contributed by atoms with Gasteiger partial charge < -0.3 is 25.4 Å². The number of hydrogen-bond acceptors (Lipinski definition) is 5. The zero-order valence-electron chi connectivity index (χ0n) is 20.3. The molecule has 1 aromatic rings. The molecule has 8 nitrogen and oxygen atoms in total. The smallest absolute Gasteiger partial charge is 0.408 e. The number of carbonyl (C=O) groups is 3. The van der Waals surface area contributed by atoms with Gasteiger partial charge in [0.25, 0.3) is 0 Å². The van der Waals surface area contributed by atoms with E-state index in [0.717, 1.165) is 25.7 Å². The second kappa shape index (κ2) is 12.6. The van der Waals surface area contributed by atoms with Crippen LogP contribution in [-0.2, 0) is 14.3 Å². The molecule has 2 rings (SSSR count). The monoisotopic (exact) mass is 461 g/mol. The summed E-state index contributed by atoms with van der Waals surface area (Å²) in [5.41, 5.74) is -0.0653. The first-order chi connectivity index (χ1) is 15.7. The summed E-state index contributed by atoms with van der Waals surface area (Å²) in [5.74, 6) is -0.776. The highest BCUT2D eigenvalue weighted by molar-refractivity contribution is 5.92. The fraction of sp³-hybridized carbons (Fsp3) is 0.640. The Morgan fingerprint density at radius 1 is 1.12 bits per heavy atom. The molecule has 3 N–H and O–H groups in total. The van der Waals surface area contributed by atoms with Crippen LogP contribution in [0.25, 0.3) is 0 Å². The van der Waals surface area contributed by atoms with Crippen LogP contribution in [0.2, 0.25) is 0 Å². The number of rotatable bonds is 9. The molecular formula is C25H39N3O5. The molecule has 1 saturated carbocycles. The van der Waals surface area contributed by atoms with Crippen LogP contribution in [0.15, 0.2) is 30.3 Å². The van der Waals surface area contributed by atoms with E-state index in [1.54, 1.807) is 20.8 Å². The summed E-state index contributed by atoms with van der Waals surface area (Å²) in [6.07, 6.45) is 4.98. The molecule has 184 valence electrons. The van der Waals surface area contributed by atoms with Crippen molar-refractivity contribution in [2.75, 3.05) is 13.2 Å². The number of alkyl carbamates (subject to hydrolysis) is 1. The highest BCUT2D eigenvalue weighted by Crippen LogP contribution is 2.25. The van der Waals surface area contributed by atoms with E-state index in [9.17, 15) is 19.5 Å². The van der Waals surface area contributed by atoms with Crippen molar-refractivity contribution in [2.24, 2.45) is 0 Å². The molecule has 0 aliphatic heterocycles. The molecule has 0 bridgehead atoms. The fourth-order valence-corrected chi connectivity index (χ4v) is 4.08. The van der Waals surface area contributed by atoms with Crippen LogP contribution in [0.1, 0.15) is 77.8 Å². The van der Waals surface area contributed by atoms with Crippen LogP contribution < -0.4 is 10.6 Å². The van der Waals surface area contributed by atoms with E-state index in [-0.39, 0.29) is 11.9 Å². The first-order valence-electron chi connectivity index (χ1n) is 11.9. The van der Waals surface area contributed by atoms with E-state index in [1.807, 2.05) is 37.3 Å². The predicted octanol–water partition coefficient (Wildman–Crippen LogP) is 3.30. The van der Waals surface area contributed by atoms with Gasteiger partial charge in [0.15, 0.2) is 0 Å². The minimum Gasteiger partial charge on any atom is -0.444 e. The molecule has 0 radical (unpaired) electrons. The lowest BCUT2D eigenvalue weighted by Gasteiger charge is -2.35. The summed E-state index contributed by atoms with van der Waals surface area (Å²) in [6, 6.07) is 7.14. The molecule has 2 atom stereocenters. The highest BCUT2D eigenvalue weighted by atomic mass is 16.6. The van der Waals surface area contributed by atoms with E-state index in [1.165, 1.54) is 11.3 Å². The lowest BCUT2D eigenvalue weighted by Crippen LogP contribution is -2.55. The fourth-order valence-electron chi connectivity index (χ4n) is 4.08. The van der Waals surface area contributed by atoms with Gasteiger partial charge in [-0.2, -0.15) is 0 Å². The Kier molecular flexibility index (Phi) is 10.2. The van der Waals surface area contributed by atoms with Gasteiger partial charge in [-0.05, 0) is 45.6 Å². The number of carbonyl (C=O) groups excluding carboxylic acids is 3. The van der Waals surface area contributed by atoms with Crippen molar-refractivity contribution in [3.8, 4) is 0 Å². The first kappa shape index (κ1) is 26.6. The molecule has 0 heterocycles. The summed E-state index contributed by atoms with van der Waals surface area (Å²) in [4.78, 5) is 40.7. The van der Waals surface area contributed by atoms with Gasteiger partial charge in [-0.15, -0.1) is 0 Å². The largest absolute Gasteiger partial charge is 0.444 e. The Morgan fingerprint density at radius 2 is 1.76 bits per heavy atom. The summed E-state index contributed by atoms with van der Waals surface area (Å²) in [7, 11) is 0. The van der Waals surface area contributed by atoms with E-state index >= 15 is 0 Å². The molecule has 1 aliphatic carbocycles. The summed E-state index contributed by atoms with van der Waals surface area (Å²) >= 11 is 0. The molecule has 8 heteroatoms. The van der Waals surface area contributed by atoms with Crippen molar-refractivity contribution in [1.29, 1.82) is 0 Å². The molecule has 1 fully saturated rings. The number of nitrogens with one attached hydrogen (secondary N) is 2. The maximum absolute atomic E-state index is 13.5. The predicted molar refractivity (Wildman–Crippen MR) is 126 cm³/mol. The van der Waals surface area contributed by atoms with E-state index in [4.69, 9.17) is 4.74 Å². The second-order valence-corrected chi connectivity index (χ2v) is 9.57. The molecule has 2 unspecified atom stereocenters. The van der Waals surface area contributed by atoms with Gasteiger partial charge in [0.1, 0.15) is 17.7 Å². The summed E-state index contributed by atoms with van der Waals surface area (Å²) in [5, 5.41) is 15.5. The lowest BCUT2D eigenvalue weighted by molar-refractivity contribution is -0.143. The molecule has 1 aliphatic rings. The van der Waals surface area contributed by atoms with E-state index in [2.05, 4.69) is 10.6 Å². The van der Waals surface area contributed by atoms with Crippen molar-refractivity contribution in [3.05, 3.63) is 35.9 Å². The summed E-state index contributed by atoms with van der Waals surface area (Å²) < 4.78 is 5.24. The number of benzene rings is 1. The molecule has 3 amide bonds. The van der Waals surface area contributed by atoms with E-state index in [0.29, 0.717) is 18.5 Å². The second-order valence-electron chi connectivity index (χ2n) is 9.57. The highest BCUT2D eigenvalue weighted by Gasteiger charge is 2.36. The topological polar surface area (TPSA) is 108 Å². The average Bonchev–Trinajstić information content (AvgIpc) is 2.77. The van der Waals surface area contributed by atoms with Crippen molar-refractivity contribution < 1.29 is 24.2 Å². The third-order valence-electron chi connectivity index (χ3n) is 5.55. The van der Waals surface area contributed by atoms with Gasteiger partial charge in [-0.25, -0.2) is 4.79 Å². The van der Waals surface area contributed by atoms with Crippen molar-refractivity contribution in [3.63, 3.8) is 0 Å². The number of amides is 3.